The topological polar surface area (TPSA) is 57.5 Å². The molecule has 0 heterocycles. The maximum Gasteiger partial charge on any atom is 0.300 e. The van der Waals surface area contributed by atoms with Crippen LogP contribution in [0.4, 0.5) is 0 Å². The fraction of sp³-hybridized carbons (Fsp3) is 0.909. The van der Waals surface area contributed by atoms with Crippen LogP contribution in [-0.2, 0) is 4.79 Å². The normalized spacial score (nSPS) is 47.4. The summed E-state index contributed by atoms with van der Waals surface area (Å²) in [7, 11) is 0. The van der Waals surface area contributed by atoms with Crippen molar-refractivity contribution < 1.29 is 15.0 Å². The average Bonchev–Trinajstić information content (AvgIpc) is 2.60. The smallest absolute Gasteiger partial charge is 0.300 e. The summed E-state index contributed by atoms with van der Waals surface area (Å²) in [6.45, 7) is 1.08. The zero-order valence-corrected chi connectivity index (χ0v) is 8.52. The summed E-state index contributed by atoms with van der Waals surface area (Å²) in [5.74, 6) is 2.48. The molecule has 14 heavy (non-hydrogen) atoms. The summed E-state index contributed by atoms with van der Waals surface area (Å²) in [6.07, 6.45) is 5.65. The second-order valence-electron chi connectivity index (χ2n) is 4.92. The van der Waals surface area contributed by atoms with E-state index >= 15 is 0 Å². The van der Waals surface area contributed by atoms with E-state index in [1.165, 1.54) is 25.7 Å². The number of carbonyl (C=O) groups is 1. The lowest BCUT2D eigenvalue weighted by molar-refractivity contribution is -0.134. The second kappa shape index (κ2) is 3.54. The number of carboxylic acids is 1. The number of rotatable bonds is 0. The zero-order valence-electron chi connectivity index (χ0n) is 8.52. The second-order valence-corrected chi connectivity index (χ2v) is 4.92. The molecule has 0 aromatic rings. The Morgan fingerprint density at radius 1 is 1.14 bits per heavy atom. The van der Waals surface area contributed by atoms with E-state index in [-0.39, 0.29) is 6.10 Å². The Kier molecular flexibility index (Phi) is 2.52. The SMILES string of the molecule is CC(=O)O.OC1C2CC3CCC(C2)C31. The van der Waals surface area contributed by atoms with Gasteiger partial charge in [0.1, 0.15) is 0 Å². The van der Waals surface area contributed by atoms with Crippen molar-refractivity contribution in [2.24, 2.45) is 23.7 Å². The van der Waals surface area contributed by atoms with Crippen LogP contribution < -0.4 is 0 Å². The lowest BCUT2D eigenvalue weighted by atomic mass is 9.89. The van der Waals surface area contributed by atoms with Gasteiger partial charge in [-0.2, -0.15) is 0 Å². The van der Waals surface area contributed by atoms with Crippen molar-refractivity contribution in [3.8, 4) is 0 Å². The predicted molar refractivity (Wildman–Crippen MR) is 51.7 cm³/mol. The Hall–Kier alpha value is -0.570. The summed E-state index contributed by atoms with van der Waals surface area (Å²) in [4.78, 5) is 9.00. The highest BCUT2D eigenvalue weighted by Crippen LogP contribution is 2.59. The van der Waals surface area contributed by atoms with Crippen LogP contribution in [0, 0.1) is 23.7 Å². The highest BCUT2D eigenvalue weighted by Gasteiger charge is 2.55. The number of aliphatic hydroxyl groups is 1. The number of aliphatic carboxylic acids is 1. The van der Waals surface area contributed by atoms with Crippen LogP contribution in [0.3, 0.4) is 0 Å². The summed E-state index contributed by atoms with van der Waals surface area (Å²) in [5, 5.41) is 17.1. The van der Waals surface area contributed by atoms with E-state index in [1.54, 1.807) is 0 Å². The first-order chi connectivity index (χ1) is 6.59. The molecule has 2 bridgehead atoms. The molecule has 0 radical (unpaired) electrons. The van der Waals surface area contributed by atoms with E-state index in [2.05, 4.69) is 0 Å². The van der Waals surface area contributed by atoms with Crippen LogP contribution in [0.25, 0.3) is 0 Å². The average molecular weight is 198 g/mol. The van der Waals surface area contributed by atoms with Crippen molar-refractivity contribution in [1.82, 2.24) is 0 Å². The minimum absolute atomic E-state index is 0.109. The molecule has 80 valence electrons. The van der Waals surface area contributed by atoms with Gasteiger partial charge in [0.15, 0.2) is 0 Å². The highest BCUT2D eigenvalue weighted by molar-refractivity contribution is 5.62. The standard InChI is InChI=1S/C9H14O.C2H4O2/c10-9-7-3-5-1-2-6(4-7)8(5)9;1-2(3)4/h5-10H,1-4H2;1H3,(H,3,4). The Morgan fingerprint density at radius 2 is 1.57 bits per heavy atom. The molecule has 3 aliphatic carbocycles. The van der Waals surface area contributed by atoms with Crippen LogP contribution in [0.1, 0.15) is 32.6 Å². The summed E-state index contributed by atoms with van der Waals surface area (Å²) in [6, 6.07) is 0. The van der Waals surface area contributed by atoms with Gasteiger partial charge in [0.25, 0.3) is 5.97 Å². The van der Waals surface area contributed by atoms with Crippen LogP contribution in [0.2, 0.25) is 0 Å². The van der Waals surface area contributed by atoms with Gasteiger partial charge in [0.05, 0.1) is 6.10 Å². The fourth-order valence-electron chi connectivity index (χ4n) is 3.77. The van der Waals surface area contributed by atoms with Gasteiger partial charge >= 0.3 is 0 Å². The molecule has 3 atom stereocenters. The lowest BCUT2D eigenvalue weighted by Gasteiger charge is -2.16. The van der Waals surface area contributed by atoms with E-state index in [9.17, 15) is 5.11 Å². The van der Waals surface area contributed by atoms with Crippen LogP contribution in [0.5, 0.6) is 0 Å². The van der Waals surface area contributed by atoms with E-state index in [4.69, 9.17) is 9.90 Å². The van der Waals surface area contributed by atoms with Gasteiger partial charge in [-0.3, -0.25) is 4.79 Å². The first-order valence-electron chi connectivity index (χ1n) is 5.47. The molecule has 0 saturated heterocycles. The van der Waals surface area contributed by atoms with Crippen molar-refractivity contribution in [3.05, 3.63) is 0 Å². The van der Waals surface area contributed by atoms with Crippen LogP contribution >= 0.6 is 0 Å². The molecule has 3 saturated carbocycles. The molecule has 3 unspecified atom stereocenters. The van der Waals surface area contributed by atoms with Crippen molar-refractivity contribution in [1.29, 1.82) is 0 Å². The maximum atomic E-state index is 9.71. The van der Waals surface area contributed by atoms with Crippen molar-refractivity contribution in [2.45, 2.75) is 38.7 Å². The van der Waals surface area contributed by atoms with E-state index in [0.717, 1.165) is 24.7 Å². The van der Waals surface area contributed by atoms with E-state index < -0.39 is 5.97 Å². The molecule has 0 amide bonds. The van der Waals surface area contributed by atoms with Gasteiger partial charge in [0, 0.05) is 6.92 Å². The first-order valence-corrected chi connectivity index (χ1v) is 5.47. The van der Waals surface area contributed by atoms with Gasteiger partial charge in [-0.05, 0) is 49.4 Å². The Labute approximate surface area is 84.1 Å². The lowest BCUT2D eigenvalue weighted by Crippen LogP contribution is -2.15. The van der Waals surface area contributed by atoms with Gasteiger partial charge in [-0.1, -0.05) is 0 Å². The molecular weight excluding hydrogens is 180 g/mol. The highest BCUT2D eigenvalue weighted by atomic mass is 16.4. The summed E-state index contributed by atoms with van der Waals surface area (Å²) in [5.41, 5.74) is 0. The molecule has 0 aromatic carbocycles. The van der Waals surface area contributed by atoms with Crippen LogP contribution in [-0.4, -0.2) is 22.3 Å². The molecule has 3 aliphatic rings. The van der Waals surface area contributed by atoms with E-state index in [1.807, 2.05) is 0 Å². The summed E-state index contributed by atoms with van der Waals surface area (Å²) < 4.78 is 0. The summed E-state index contributed by atoms with van der Waals surface area (Å²) >= 11 is 0. The molecule has 0 aromatic heterocycles. The zero-order chi connectivity index (χ0) is 10.3. The van der Waals surface area contributed by atoms with Crippen LogP contribution in [0.15, 0.2) is 0 Å². The van der Waals surface area contributed by atoms with Gasteiger partial charge in [-0.15, -0.1) is 0 Å². The quantitative estimate of drug-likeness (QED) is 0.620. The van der Waals surface area contributed by atoms with Gasteiger partial charge in [-0.25, -0.2) is 0 Å². The predicted octanol–water partition coefficient (Wildman–Crippen LogP) is 1.50. The third kappa shape index (κ3) is 1.54. The van der Waals surface area contributed by atoms with Crippen molar-refractivity contribution >= 4 is 5.97 Å². The maximum absolute atomic E-state index is 9.71. The third-order valence-electron chi connectivity index (χ3n) is 4.09. The monoisotopic (exact) mass is 198 g/mol. The molecule has 3 rings (SSSR count). The number of hydrogen-bond donors (Lipinski definition) is 2. The number of carboxylic acid groups (broad SMARTS) is 1. The van der Waals surface area contributed by atoms with E-state index in [0.29, 0.717) is 5.92 Å². The first kappa shape index (κ1) is 9.97. The molecule has 0 spiro atoms. The minimum Gasteiger partial charge on any atom is -0.481 e. The third-order valence-corrected chi connectivity index (χ3v) is 4.09. The van der Waals surface area contributed by atoms with Crippen molar-refractivity contribution in [3.63, 3.8) is 0 Å². The number of aliphatic hydroxyl groups excluding tert-OH is 1. The fourth-order valence-corrected chi connectivity index (χ4v) is 3.77. The number of fused-ring (bicyclic) bond motifs is 1. The molecular formula is C11H18O3. The molecule has 2 N–H and O–H groups in total. The Balaban J connectivity index is 0.000000165. The minimum atomic E-state index is -0.833. The van der Waals surface area contributed by atoms with Crippen molar-refractivity contribution in [2.75, 3.05) is 0 Å². The molecule has 3 heteroatoms. The molecule has 0 aliphatic heterocycles. The Morgan fingerprint density at radius 3 is 1.86 bits per heavy atom. The van der Waals surface area contributed by atoms with Gasteiger partial charge in [0.2, 0.25) is 0 Å². The van der Waals surface area contributed by atoms with Gasteiger partial charge < -0.3 is 10.2 Å². The molecule has 3 fully saturated rings. The molecule has 3 nitrogen and oxygen atoms in total. The Bertz CT molecular complexity index is 218. The number of hydrogen-bond acceptors (Lipinski definition) is 2. The largest absolute Gasteiger partial charge is 0.481 e.